The van der Waals surface area contributed by atoms with Crippen LogP contribution in [0.5, 0.6) is 5.75 Å². The van der Waals surface area contributed by atoms with E-state index in [9.17, 15) is 29.1 Å². The Morgan fingerprint density at radius 3 is 2.52 bits per heavy atom. The summed E-state index contributed by atoms with van der Waals surface area (Å²) < 4.78 is 15.9. The van der Waals surface area contributed by atoms with E-state index in [0.717, 1.165) is 0 Å². The number of cyclic esters (lactones) is 2. The summed E-state index contributed by atoms with van der Waals surface area (Å²) in [5, 5.41) is 14.9. The number of carbonyl (C=O) groups excluding carboxylic acids is 5. The van der Waals surface area contributed by atoms with Crippen molar-refractivity contribution in [1.82, 2.24) is 5.32 Å². The second-order valence-electron chi connectivity index (χ2n) is 7.30. The molecule has 0 saturated carbocycles. The molecule has 2 amide bonds. The van der Waals surface area contributed by atoms with E-state index in [1.54, 1.807) is 0 Å². The minimum Gasteiger partial charge on any atom is -0.505 e. The molecule has 5 unspecified atom stereocenters. The monoisotopic (exact) mass is 434 g/mol. The molecule has 0 bridgehead atoms. The van der Waals surface area contributed by atoms with Gasteiger partial charge in [0.15, 0.2) is 17.9 Å². The number of hydrogen-bond donors (Lipinski definition) is 3. The lowest BCUT2D eigenvalue weighted by Gasteiger charge is -2.32. The van der Waals surface area contributed by atoms with Crippen molar-refractivity contribution in [3.8, 4) is 5.75 Å². The molecule has 3 N–H and O–H groups in total. The molecule has 2 aliphatic heterocycles. The van der Waals surface area contributed by atoms with Crippen molar-refractivity contribution in [2.45, 2.75) is 51.0 Å². The van der Waals surface area contributed by atoms with Gasteiger partial charge < -0.3 is 30.0 Å². The lowest BCUT2D eigenvalue weighted by atomic mass is 9.91. The van der Waals surface area contributed by atoms with E-state index >= 15 is 0 Å². The number of phenols is 1. The minimum absolute atomic E-state index is 0.00122. The zero-order chi connectivity index (χ0) is 22.7. The summed E-state index contributed by atoms with van der Waals surface area (Å²) in [7, 11) is 0. The summed E-state index contributed by atoms with van der Waals surface area (Å²) in [6.45, 7) is 2.89. The molecule has 0 spiro atoms. The highest BCUT2D eigenvalue weighted by Crippen LogP contribution is 2.30. The van der Waals surface area contributed by atoms with Crippen molar-refractivity contribution < 1.29 is 43.3 Å². The van der Waals surface area contributed by atoms with Gasteiger partial charge in [0.1, 0.15) is 12.2 Å². The average Bonchev–Trinajstić information content (AvgIpc) is 2.75. The van der Waals surface area contributed by atoms with Gasteiger partial charge in [0.2, 0.25) is 6.41 Å². The second-order valence-corrected chi connectivity index (χ2v) is 7.30. The number of aromatic hydroxyl groups is 1. The molecule has 31 heavy (non-hydrogen) atoms. The third-order valence-electron chi connectivity index (χ3n) is 5.20. The number of hydrogen-bond acceptors (Lipinski definition) is 9. The van der Waals surface area contributed by atoms with Gasteiger partial charge in [-0.3, -0.25) is 19.2 Å². The summed E-state index contributed by atoms with van der Waals surface area (Å²) in [5.41, 5.74) is -0.215. The quantitative estimate of drug-likeness (QED) is 0.262. The third kappa shape index (κ3) is 4.60. The Labute approximate surface area is 177 Å². The number of para-hydroxylation sites is 1. The lowest BCUT2D eigenvalue weighted by molar-refractivity contribution is -0.181. The van der Waals surface area contributed by atoms with Gasteiger partial charge in [-0.2, -0.15) is 0 Å². The Morgan fingerprint density at radius 2 is 1.81 bits per heavy atom. The fourth-order valence-electron chi connectivity index (χ4n) is 3.56. The van der Waals surface area contributed by atoms with Crippen LogP contribution in [0.4, 0.5) is 5.69 Å². The Bertz CT molecular complexity index is 916. The third-order valence-corrected chi connectivity index (χ3v) is 5.20. The first-order valence-corrected chi connectivity index (χ1v) is 9.66. The maximum atomic E-state index is 12.7. The molecule has 1 aromatic rings. The molecule has 2 aliphatic rings. The number of anilines is 1. The molecule has 1 aromatic carbocycles. The van der Waals surface area contributed by atoms with Gasteiger partial charge in [0.25, 0.3) is 5.91 Å². The zero-order valence-corrected chi connectivity index (χ0v) is 16.8. The van der Waals surface area contributed by atoms with Crippen LogP contribution >= 0.6 is 0 Å². The molecule has 5 atom stereocenters. The van der Waals surface area contributed by atoms with Crippen molar-refractivity contribution in [3.05, 3.63) is 23.8 Å². The number of benzene rings is 1. The lowest BCUT2D eigenvalue weighted by Crippen LogP contribution is -2.50. The van der Waals surface area contributed by atoms with Crippen LogP contribution < -0.4 is 10.6 Å². The molecule has 0 aromatic heterocycles. The number of rotatable bonds is 4. The van der Waals surface area contributed by atoms with Gasteiger partial charge in [-0.05, 0) is 32.4 Å². The molecule has 2 fully saturated rings. The standard InChI is InChI=1S/C20H22N2O9/c1-9-15(22-18(26)11-4-3-5-13(16(11)25)21-8-23)20(28)30-10(2)17-12(19(27)29-9)6-7-14(24)31-17/h3-5,8-10,12,15,17,25H,6-7H2,1-2H3,(H,21,23)(H,22,26). The van der Waals surface area contributed by atoms with Crippen LogP contribution in [0.3, 0.4) is 0 Å². The Kier molecular flexibility index (Phi) is 6.42. The number of carbonyl (C=O) groups is 5. The second kappa shape index (κ2) is 9.02. The highest BCUT2D eigenvalue weighted by molar-refractivity contribution is 6.01. The average molecular weight is 434 g/mol. The molecule has 2 saturated heterocycles. The number of phenolic OH excluding ortho intramolecular Hbond substituents is 1. The first-order chi connectivity index (χ1) is 14.7. The molecular formula is C20H22N2O9. The van der Waals surface area contributed by atoms with Crippen LogP contribution in [0.25, 0.3) is 0 Å². The molecule has 0 radical (unpaired) electrons. The topological polar surface area (TPSA) is 157 Å². The van der Waals surface area contributed by atoms with E-state index in [-0.39, 0.29) is 24.1 Å². The normalized spacial score (nSPS) is 28.5. The predicted octanol–water partition coefficient (Wildman–Crippen LogP) is 0.258. The molecular weight excluding hydrogens is 412 g/mol. The van der Waals surface area contributed by atoms with E-state index in [1.165, 1.54) is 32.0 Å². The van der Waals surface area contributed by atoms with Crippen LogP contribution in [0.1, 0.15) is 37.0 Å². The maximum absolute atomic E-state index is 12.7. The van der Waals surface area contributed by atoms with E-state index in [2.05, 4.69) is 10.6 Å². The van der Waals surface area contributed by atoms with E-state index < -0.39 is 59.8 Å². The zero-order valence-electron chi connectivity index (χ0n) is 16.8. The summed E-state index contributed by atoms with van der Waals surface area (Å²) in [6, 6.07) is 2.70. The largest absolute Gasteiger partial charge is 0.505 e. The number of nitrogens with one attached hydrogen (secondary N) is 2. The molecule has 11 nitrogen and oxygen atoms in total. The van der Waals surface area contributed by atoms with Crippen LogP contribution in [-0.4, -0.2) is 59.7 Å². The Hall–Kier alpha value is -3.63. The van der Waals surface area contributed by atoms with Crippen LogP contribution in [-0.2, 0) is 33.4 Å². The Balaban J connectivity index is 1.84. The van der Waals surface area contributed by atoms with Gasteiger partial charge in [0.05, 0.1) is 17.2 Å². The van der Waals surface area contributed by atoms with Gasteiger partial charge in [-0.15, -0.1) is 0 Å². The van der Waals surface area contributed by atoms with Crippen LogP contribution in [0.2, 0.25) is 0 Å². The Morgan fingerprint density at radius 1 is 1.10 bits per heavy atom. The SMILES string of the molecule is CC1OC(=O)C2CCC(=O)OC2C(C)OC(=O)C1NC(=O)c1cccc(NC=O)c1O. The first-order valence-electron chi connectivity index (χ1n) is 9.66. The fourth-order valence-corrected chi connectivity index (χ4v) is 3.56. The van der Waals surface area contributed by atoms with Crippen LogP contribution in [0.15, 0.2) is 18.2 Å². The van der Waals surface area contributed by atoms with E-state index in [4.69, 9.17) is 14.2 Å². The highest BCUT2D eigenvalue weighted by Gasteiger charge is 2.46. The molecule has 2 heterocycles. The number of amides is 2. The van der Waals surface area contributed by atoms with Crippen LogP contribution in [0, 0.1) is 5.92 Å². The van der Waals surface area contributed by atoms with E-state index in [0.29, 0.717) is 6.41 Å². The highest BCUT2D eigenvalue weighted by atomic mass is 16.6. The van der Waals surface area contributed by atoms with Crippen molar-refractivity contribution in [2.24, 2.45) is 5.92 Å². The first kappa shape index (κ1) is 22.1. The predicted molar refractivity (Wildman–Crippen MR) is 103 cm³/mol. The molecule has 11 heteroatoms. The number of esters is 3. The van der Waals surface area contributed by atoms with Gasteiger partial charge in [-0.25, -0.2) is 4.79 Å². The van der Waals surface area contributed by atoms with Gasteiger partial charge >= 0.3 is 17.9 Å². The fraction of sp³-hybridized carbons (Fsp3) is 0.450. The number of fused-ring (bicyclic) bond motifs is 1. The smallest absolute Gasteiger partial charge is 0.332 e. The van der Waals surface area contributed by atoms with Crippen molar-refractivity contribution >= 4 is 35.9 Å². The maximum Gasteiger partial charge on any atom is 0.332 e. The van der Waals surface area contributed by atoms with E-state index in [1.807, 2.05) is 0 Å². The molecule has 0 aliphatic carbocycles. The summed E-state index contributed by atoms with van der Waals surface area (Å²) in [4.78, 5) is 60.4. The minimum atomic E-state index is -1.39. The molecule has 3 rings (SSSR count). The van der Waals surface area contributed by atoms with Crippen molar-refractivity contribution in [3.63, 3.8) is 0 Å². The van der Waals surface area contributed by atoms with Gasteiger partial charge in [0, 0.05) is 6.42 Å². The summed E-state index contributed by atoms with van der Waals surface area (Å²) in [5.74, 6) is -4.23. The molecule has 166 valence electrons. The summed E-state index contributed by atoms with van der Waals surface area (Å²) in [6.07, 6.45) is -2.48. The number of ether oxygens (including phenoxy) is 3. The van der Waals surface area contributed by atoms with Crippen molar-refractivity contribution in [1.29, 1.82) is 0 Å². The summed E-state index contributed by atoms with van der Waals surface area (Å²) >= 11 is 0. The van der Waals surface area contributed by atoms with Gasteiger partial charge in [-0.1, -0.05) is 6.07 Å². The van der Waals surface area contributed by atoms with Crippen molar-refractivity contribution in [2.75, 3.05) is 5.32 Å².